The molecular formula is C27H27N5O2. The second-order valence-electron chi connectivity index (χ2n) is 10.1. The van der Waals surface area contributed by atoms with Crippen molar-refractivity contribution in [2.45, 2.75) is 43.9 Å². The van der Waals surface area contributed by atoms with Crippen molar-refractivity contribution in [1.29, 1.82) is 5.26 Å². The number of hydrogen-bond donors (Lipinski definition) is 1. The van der Waals surface area contributed by atoms with E-state index in [0.717, 1.165) is 28.6 Å². The van der Waals surface area contributed by atoms with Crippen molar-refractivity contribution in [3.63, 3.8) is 0 Å². The van der Waals surface area contributed by atoms with Crippen LogP contribution in [-0.2, 0) is 10.4 Å². The van der Waals surface area contributed by atoms with E-state index in [1.54, 1.807) is 12.4 Å². The van der Waals surface area contributed by atoms with E-state index in [1.807, 2.05) is 47.5 Å². The average Bonchev–Trinajstić information content (AvgIpc) is 3.05. The normalized spacial score (nSPS) is 30.1. The highest BCUT2D eigenvalue weighted by Gasteiger charge is 2.52. The first-order chi connectivity index (χ1) is 16.5. The fourth-order valence-corrected chi connectivity index (χ4v) is 6.31. The molecule has 3 fully saturated rings. The number of aromatic nitrogens is 2. The minimum absolute atomic E-state index is 0.156. The number of anilines is 1. The predicted molar refractivity (Wildman–Crippen MR) is 128 cm³/mol. The number of carbonyl (C=O) groups excluding carboxylic acids is 1. The number of benzene rings is 1. The Morgan fingerprint density at radius 1 is 1.18 bits per heavy atom. The topological polar surface area (TPSA) is 93.4 Å². The molecule has 1 aliphatic carbocycles. The van der Waals surface area contributed by atoms with E-state index < -0.39 is 5.60 Å². The third-order valence-corrected chi connectivity index (χ3v) is 8.04. The number of carbonyl (C=O) groups is 1. The highest BCUT2D eigenvalue weighted by molar-refractivity contribution is 5.87. The van der Waals surface area contributed by atoms with Gasteiger partial charge in [0.2, 0.25) is 5.91 Å². The van der Waals surface area contributed by atoms with Crippen molar-refractivity contribution in [3.05, 3.63) is 66.1 Å². The number of nitrogens with zero attached hydrogens (tertiary/aromatic N) is 5. The van der Waals surface area contributed by atoms with Crippen molar-refractivity contribution in [2.75, 3.05) is 18.0 Å². The number of fused-ring (bicyclic) bond motifs is 3. The summed E-state index contributed by atoms with van der Waals surface area (Å²) in [6, 6.07) is 14.1. The molecule has 34 heavy (non-hydrogen) atoms. The summed E-state index contributed by atoms with van der Waals surface area (Å²) in [7, 11) is 0. The number of pyridine rings is 2. The van der Waals surface area contributed by atoms with Crippen molar-refractivity contribution >= 4 is 22.5 Å². The van der Waals surface area contributed by atoms with E-state index in [-0.39, 0.29) is 23.9 Å². The molecule has 4 heterocycles. The van der Waals surface area contributed by atoms with Crippen LogP contribution in [0, 0.1) is 23.2 Å². The summed E-state index contributed by atoms with van der Waals surface area (Å²) in [5, 5.41) is 22.4. The monoisotopic (exact) mass is 453 g/mol. The molecule has 2 unspecified atom stereocenters. The number of likely N-dealkylation sites (tertiary alicyclic amines) is 1. The molecule has 3 aromatic rings. The summed E-state index contributed by atoms with van der Waals surface area (Å²) in [6.45, 7) is 3.59. The molecule has 1 N–H and O–H groups in total. The first-order valence-corrected chi connectivity index (χ1v) is 12.0. The molecule has 172 valence electrons. The Morgan fingerprint density at radius 3 is 2.76 bits per heavy atom. The maximum atomic E-state index is 13.4. The van der Waals surface area contributed by atoms with Crippen LogP contribution in [0.2, 0.25) is 0 Å². The van der Waals surface area contributed by atoms with Gasteiger partial charge in [-0.05, 0) is 54.3 Å². The molecule has 6 rings (SSSR count). The summed E-state index contributed by atoms with van der Waals surface area (Å²) in [4.78, 5) is 26.5. The third-order valence-electron chi connectivity index (χ3n) is 8.04. The summed E-state index contributed by atoms with van der Waals surface area (Å²) in [5.41, 5.74) is 0.474. The molecular weight excluding hydrogens is 426 g/mol. The maximum Gasteiger partial charge on any atom is 0.226 e. The van der Waals surface area contributed by atoms with Gasteiger partial charge >= 0.3 is 0 Å². The van der Waals surface area contributed by atoms with Gasteiger partial charge < -0.3 is 14.9 Å². The van der Waals surface area contributed by atoms with Crippen molar-refractivity contribution in [1.82, 2.24) is 14.9 Å². The zero-order valence-corrected chi connectivity index (χ0v) is 19.1. The van der Waals surface area contributed by atoms with Crippen molar-refractivity contribution in [2.24, 2.45) is 11.8 Å². The van der Waals surface area contributed by atoms with Crippen LogP contribution in [0.3, 0.4) is 0 Å². The first kappa shape index (κ1) is 21.1. The Bertz CT molecular complexity index is 1290. The summed E-state index contributed by atoms with van der Waals surface area (Å²) in [5.74, 6) is 1.34. The van der Waals surface area contributed by atoms with Gasteiger partial charge in [-0.2, -0.15) is 5.26 Å². The van der Waals surface area contributed by atoms with E-state index in [9.17, 15) is 9.90 Å². The van der Waals surface area contributed by atoms with Gasteiger partial charge in [-0.3, -0.25) is 9.78 Å². The van der Waals surface area contributed by atoms with Gasteiger partial charge in [0.1, 0.15) is 11.9 Å². The standard InChI is InChI=1S/C27H27N5O2/c1-17-9-21-15-31(16-24(17)32(21)25-6-5-18(12-28)13-30-25)26(33)20-10-27(34,11-20)23-4-2-3-19-14-29-8-7-22(19)23/h2-8,13-14,17,20-21,24,34H,9-11,15-16H2,1H3/t17-,20?,21?,24?,27?/m1/s1. The molecule has 0 spiro atoms. The van der Waals surface area contributed by atoms with Crippen LogP contribution in [0.25, 0.3) is 10.8 Å². The molecule has 2 bridgehead atoms. The Labute approximate surface area is 198 Å². The lowest BCUT2D eigenvalue weighted by Crippen LogP contribution is -2.59. The number of aliphatic hydroxyl groups is 1. The second kappa shape index (κ2) is 7.78. The Balaban J connectivity index is 1.17. The van der Waals surface area contributed by atoms with Crippen LogP contribution in [0.1, 0.15) is 37.3 Å². The molecule has 7 heteroatoms. The molecule has 2 saturated heterocycles. The van der Waals surface area contributed by atoms with Gasteiger partial charge in [-0.15, -0.1) is 0 Å². The Hall–Kier alpha value is -3.50. The molecule has 1 aromatic carbocycles. The summed E-state index contributed by atoms with van der Waals surface area (Å²) in [6.07, 6.45) is 7.10. The number of piperazine rings is 1. The predicted octanol–water partition coefficient (Wildman–Crippen LogP) is 3.22. The van der Waals surface area contributed by atoms with Crippen molar-refractivity contribution in [3.8, 4) is 6.07 Å². The molecule has 0 radical (unpaired) electrons. The second-order valence-corrected chi connectivity index (χ2v) is 10.1. The van der Waals surface area contributed by atoms with Gasteiger partial charge in [-0.1, -0.05) is 25.1 Å². The lowest BCUT2D eigenvalue weighted by atomic mass is 9.66. The first-order valence-electron chi connectivity index (χ1n) is 12.0. The third kappa shape index (κ3) is 3.24. The van der Waals surface area contributed by atoms with Crippen LogP contribution >= 0.6 is 0 Å². The Morgan fingerprint density at radius 2 is 2.03 bits per heavy atom. The van der Waals surface area contributed by atoms with Crippen LogP contribution in [0.5, 0.6) is 0 Å². The molecule has 3 aliphatic rings. The zero-order valence-electron chi connectivity index (χ0n) is 19.1. The van der Waals surface area contributed by atoms with Gasteiger partial charge in [0.15, 0.2) is 0 Å². The molecule has 1 amide bonds. The van der Waals surface area contributed by atoms with E-state index in [2.05, 4.69) is 27.9 Å². The lowest BCUT2D eigenvalue weighted by Gasteiger charge is -2.48. The largest absolute Gasteiger partial charge is 0.385 e. The van der Waals surface area contributed by atoms with Crippen molar-refractivity contribution < 1.29 is 9.90 Å². The number of amides is 1. The fourth-order valence-electron chi connectivity index (χ4n) is 6.31. The number of hydrogen-bond acceptors (Lipinski definition) is 6. The zero-order chi connectivity index (χ0) is 23.4. The van der Waals surface area contributed by atoms with Crippen LogP contribution in [0.4, 0.5) is 5.82 Å². The maximum absolute atomic E-state index is 13.4. The minimum Gasteiger partial charge on any atom is -0.385 e. The molecule has 3 atom stereocenters. The van der Waals surface area contributed by atoms with Crippen LogP contribution < -0.4 is 4.90 Å². The van der Waals surface area contributed by atoms with E-state index in [0.29, 0.717) is 37.4 Å². The van der Waals surface area contributed by atoms with E-state index >= 15 is 0 Å². The number of nitriles is 1. The van der Waals surface area contributed by atoms with E-state index in [4.69, 9.17) is 5.26 Å². The number of rotatable bonds is 3. The van der Waals surface area contributed by atoms with Gasteiger partial charge in [0, 0.05) is 49.0 Å². The molecule has 1 saturated carbocycles. The minimum atomic E-state index is -0.971. The molecule has 2 aromatic heterocycles. The smallest absolute Gasteiger partial charge is 0.226 e. The highest BCUT2D eigenvalue weighted by atomic mass is 16.3. The Kier molecular flexibility index (Phi) is 4.82. The lowest BCUT2D eigenvalue weighted by molar-refractivity contribution is -0.154. The summed E-state index contributed by atoms with van der Waals surface area (Å²) < 4.78 is 0. The van der Waals surface area contributed by atoms with Crippen LogP contribution in [-0.4, -0.2) is 51.1 Å². The quantitative estimate of drug-likeness (QED) is 0.655. The SMILES string of the molecule is C[C@@H]1CC2CN(C(=O)C3CC(O)(c4cccc5cnccc45)C3)CC1N2c1ccc(C#N)cn1. The van der Waals surface area contributed by atoms with Gasteiger partial charge in [0.25, 0.3) is 0 Å². The average molecular weight is 454 g/mol. The molecule has 7 nitrogen and oxygen atoms in total. The van der Waals surface area contributed by atoms with E-state index in [1.165, 1.54) is 0 Å². The van der Waals surface area contributed by atoms with Gasteiger partial charge in [0.05, 0.1) is 17.2 Å². The highest BCUT2D eigenvalue weighted by Crippen LogP contribution is 2.49. The fraction of sp³-hybridized carbons (Fsp3) is 0.407. The summed E-state index contributed by atoms with van der Waals surface area (Å²) >= 11 is 0. The van der Waals surface area contributed by atoms with Crippen LogP contribution in [0.15, 0.2) is 55.0 Å². The molecule has 2 aliphatic heterocycles. The van der Waals surface area contributed by atoms with Gasteiger partial charge in [-0.25, -0.2) is 4.98 Å².